The van der Waals surface area contributed by atoms with Gasteiger partial charge in [-0.2, -0.15) is 0 Å². The van der Waals surface area contributed by atoms with Gasteiger partial charge in [-0.1, -0.05) is 32.1 Å². The molecule has 8 nitrogen and oxygen atoms in total. The minimum Gasteiger partial charge on any atom is -0.459 e. The second-order valence-corrected chi connectivity index (χ2v) is 9.65. The minimum absolute atomic E-state index is 0.0683. The van der Waals surface area contributed by atoms with Crippen molar-refractivity contribution in [1.82, 2.24) is 0 Å². The molecule has 2 aliphatic carbocycles. The van der Waals surface area contributed by atoms with Crippen molar-refractivity contribution in [3.8, 4) is 0 Å². The smallest absolute Gasteiger partial charge is 0.312 e. The molecule has 0 radical (unpaired) electrons. The van der Waals surface area contributed by atoms with Crippen LogP contribution in [0.5, 0.6) is 0 Å². The van der Waals surface area contributed by atoms with Gasteiger partial charge in [-0.15, -0.1) is 0 Å². The zero-order valence-corrected chi connectivity index (χ0v) is 18.4. The molecule has 8 heteroatoms. The summed E-state index contributed by atoms with van der Waals surface area (Å²) in [5.74, 6) is -3.05. The fraction of sp³-hybridized carbons (Fsp3) is 0.783. The molecule has 0 amide bonds. The van der Waals surface area contributed by atoms with Crippen molar-refractivity contribution in [2.75, 3.05) is 20.3 Å². The molecular formula is C23H34O8. The van der Waals surface area contributed by atoms with E-state index in [9.17, 15) is 25.2 Å². The SMILES string of the molecule is COC[C@H]1C(=O)O[C@H]([C@H](O)CO)[C@H](C)/C=C(/C)[C@@]23O[C@H]4[C@H](O)[C@H](C)[C@@H](O)[C@@H]2[C@H]4C=C[C@H]13. The van der Waals surface area contributed by atoms with Crippen molar-refractivity contribution >= 4 is 5.97 Å². The maximum Gasteiger partial charge on any atom is 0.312 e. The van der Waals surface area contributed by atoms with E-state index in [0.717, 1.165) is 5.57 Å². The molecule has 1 spiro atoms. The Kier molecular flexibility index (Phi) is 6.09. The lowest BCUT2D eigenvalue weighted by Crippen LogP contribution is -2.57. The number of rotatable bonds is 4. The molecule has 4 bridgehead atoms. The summed E-state index contributed by atoms with van der Waals surface area (Å²) in [4.78, 5) is 13.3. The largest absolute Gasteiger partial charge is 0.459 e. The van der Waals surface area contributed by atoms with Crippen LogP contribution < -0.4 is 0 Å². The average molecular weight is 439 g/mol. The molecule has 4 rings (SSSR count). The van der Waals surface area contributed by atoms with Crippen molar-refractivity contribution in [3.63, 3.8) is 0 Å². The van der Waals surface area contributed by atoms with Crippen molar-refractivity contribution in [3.05, 3.63) is 23.8 Å². The topological polar surface area (TPSA) is 126 Å². The first-order chi connectivity index (χ1) is 14.7. The van der Waals surface area contributed by atoms with Gasteiger partial charge in [-0.25, -0.2) is 0 Å². The van der Waals surface area contributed by atoms with Gasteiger partial charge in [-0.05, 0) is 12.5 Å². The Hall–Kier alpha value is -1.29. The number of carbonyl (C=O) groups excluding carboxylic acids is 1. The van der Waals surface area contributed by atoms with Crippen LogP contribution in [0.4, 0.5) is 0 Å². The number of aliphatic hydroxyl groups excluding tert-OH is 4. The van der Waals surface area contributed by atoms with Gasteiger partial charge in [0, 0.05) is 36.7 Å². The Morgan fingerprint density at radius 3 is 2.58 bits per heavy atom. The monoisotopic (exact) mass is 438 g/mol. The van der Waals surface area contributed by atoms with Gasteiger partial charge in [0.05, 0.1) is 37.4 Å². The van der Waals surface area contributed by atoms with Crippen molar-refractivity contribution < 1.29 is 39.4 Å². The summed E-state index contributed by atoms with van der Waals surface area (Å²) in [6.07, 6.45) is 1.50. The Morgan fingerprint density at radius 2 is 1.94 bits per heavy atom. The number of hydrogen-bond donors (Lipinski definition) is 4. The van der Waals surface area contributed by atoms with Crippen LogP contribution in [-0.2, 0) is 19.0 Å². The van der Waals surface area contributed by atoms with E-state index in [1.165, 1.54) is 7.11 Å². The number of hydrogen-bond acceptors (Lipinski definition) is 8. The lowest BCUT2D eigenvalue weighted by molar-refractivity contribution is -0.172. The molecule has 4 N–H and O–H groups in total. The third-order valence-electron chi connectivity index (χ3n) is 7.99. The Balaban J connectivity index is 1.89. The van der Waals surface area contributed by atoms with E-state index in [2.05, 4.69) is 0 Å². The van der Waals surface area contributed by atoms with Crippen LogP contribution >= 0.6 is 0 Å². The summed E-state index contributed by atoms with van der Waals surface area (Å²) >= 11 is 0. The van der Waals surface area contributed by atoms with E-state index >= 15 is 0 Å². The van der Waals surface area contributed by atoms with Crippen molar-refractivity contribution in [2.24, 2.45) is 35.5 Å². The van der Waals surface area contributed by atoms with Crippen LogP contribution in [0.15, 0.2) is 23.8 Å². The molecule has 174 valence electrons. The van der Waals surface area contributed by atoms with Crippen molar-refractivity contribution in [1.29, 1.82) is 0 Å². The van der Waals surface area contributed by atoms with Crippen LogP contribution in [0.1, 0.15) is 20.8 Å². The number of methoxy groups -OCH3 is 1. The Morgan fingerprint density at radius 1 is 1.23 bits per heavy atom. The van der Waals surface area contributed by atoms with Gasteiger partial charge in [0.15, 0.2) is 0 Å². The number of cyclic esters (lactones) is 1. The Bertz CT molecular complexity index is 765. The first-order valence-corrected chi connectivity index (χ1v) is 11.1. The first kappa shape index (κ1) is 22.9. The molecule has 0 aromatic rings. The van der Waals surface area contributed by atoms with Gasteiger partial charge in [0.1, 0.15) is 17.8 Å². The molecule has 0 aromatic heterocycles. The predicted molar refractivity (Wildman–Crippen MR) is 110 cm³/mol. The van der Waals surface area contributed by atoms with Crippen LogP contribution in [0.25, 0.3) is 0 Å². The second-order valence-electron chi connectivity index (χ2n) is 9.65. The highest BCUT2D eigenvalue weighted by atomic mass is 16.6. The summed E-state index contributed by atoms with van der Waals surface area (Å²) in [7, 11) is 1.50. The number of carbonyl (C=O) groups is 1. The molecule has 0 aromatic carbocycles. The number of esters is 1. The van der Waals surface area contributed by atoms with E-state index in [1.54, 1.807) is 0 Å². The van der Waals surface area contributed by atoms with Crippen molar-refractivity contribution in [2.45, 2.75) is 56.9 Å². The van der Waals surface area contributed by atoms with Crippen LogP contribution in [-0.4, -0.2) is 82.8 Å². The molecule has 31 heavy (non-hydrogen) atoms. The van der Waals surface area contributed by atoms with Crippen LogP contribution in [0, 0.1) is 35.5 Å². The number of aliphatic hydroxyl groups is 4. The zero-order chi connectivity index (χ0) is 22.7. The van der Waals surface area contributed by atoms with E-state index in [1.807, 2.05) is 39.0 Å². The van der Waals surface area contributed by atoms with Gasteiger partial charge in [-0.3, -0.25) is 4.79 Å². The van der Waals surface area contributed by atoms with Gasteiger partial charge < -0.3 is 34.6 Å². The Labute approximate surface area is 182 Å². The predicted octanol–water partition coefficient (Wildman–Crippen LogP) is 0.0375. The molecular weight excluding hydrogens is 404 g/mol. The maximum absolute atomic E-state index is 13.3. The van der Waals surface area contributed by atoms with Gasteiger partial charge in [0.2, 0.25) is 0 Å². The summed E-state index contributed by atoms with van der Waals surface area (Å²) < 4.78 is 17.7. The molecule has 1 saturated carbocycles. The van der Waals surface area contributed by atoms with E-state index in [0.29, 0.717) is 0 Å². The molecule has 2 fully saturated rings. The van der Waals surface area contributed by atoms with E-state index in [-0.39, 0.29) is 24.4 Å². The van der Waals surface area contributed by atoms with Crippen LogP contribution in [0.2, 0.25) is 0 Å². The summed E-state index contributed by atoms with van der Waals surface area (Å²) in [5.41, 5.74) is -0.188. The molecule has 12 atom stereocenters. The fourth-order valence-electron chi connectivity index (χ4n) is 6.43. The molecule has 1 saturated heterocycles. The first-order valence-electron chi connectivity index (χ1n) is 11.1. The maximum atomic E-state index is 13.3. The van der Waals surface area contributed by atoms with E-state index < -0.39 is 66.5 Å². The highest BCUT2D eigenvalue weighted by Gasteiger charge is 2.69. The lowest BCUT2D eigenvalue weighted by atomic mass is 9.56. The second kappa shape index (κ2) is 8.24. The molecule has 4 aliphatic rings. The van der Waals surface area contributed by atoms with Crippen LogP contribution in [0.3, 0.4) is 0 Å². The highest BCUT2D eigenvalue weighted by molar-refractivity contribution is 5.74. The van der Waals surface area contributed by atoms with Gasteiger partial charge >= 0.3 is 5.97 Å². The molecule has 0 unspecified atom stereocenters. The minimum atomic E-state index is -1.23. The highest BCUT2D eigenvalue weighted by Crippen LogP contribution is 2.61. The number of ether oxygens (including phenoxy) is 3. The normalized spacial score (nSPS) is 51.6. The third kappa shape index (κ3) is 3.22. The summed E-state index contributed by atoms with van der Waals surface area (Å²) in [5, 5.41) is 41.9. The third-order valence-corrected chi connectivity index (χ3v) is 7.99. The quantitative estimate of drug-likeness (QED) is 0.358. The zero-order valence-electron chi connectivity index (χ0n) is 18.4. The van der Waals surface area contributed by atoms with Gasteiger partial charge in [0.25, 0.3) is 0 Å². The summed E-state index contributed by atoms with van der Waals surface area (Å²) in [6, 6.07) is 0. The standard InChI is InChI=1S/C23H34O8/c1-10-7-11(2)23-15(14(9-29-4)22(28)30-20(10)16(25)8-24)6-5-13-17(23)18(26)12(3)19(27)21(13)31-23/h5-7,10,12-21,24-27H,8-9H2,1-4H3/b11-7-/t10-,12-,13-,14-,15-,16-,17+,18-,19-,20+,21-,23+/m1/s1. The average Bonchev–Trinajstić information content (AvgIpc) is 2.96. The lowest BCUT2D eigenvalue weighted by Gasteiger charge is -2.48. The fourth-order valence-corrected chi connectivity index (χ4v) is 6.43. The van der Waals surface area contributed by atoms with E-state index in [4.69, 9.17) is 14.2 Å². The molecule has 2 aliphatic heterocycles. The molecule has 2 heterocycles. The summed E-state index contributed by atoms with van der Waals surface area (Å²) in [6.45, 7) is 5.07.